The minimum absolute atomic E-state index is 0.147. The molecular formula is C11H13N3O2S. The second kappa shape index (κ2) is 3.54. The van der Waals surface area contributed by atoms with Crippen molar-refractivity contribution < 1.29 is 8.42 Å². The van der Waals surface area contributed by atoms with Crippen LogP contribution >= 0.6 is 0 Å². The maximum absolute atomic E-state index is 11.8. The first kappa shape index (κ1) is 10.7. The van der Waals surface area contributed by atoms with Crippen molar-refractivity contribution in [3.8, 4) is 0 Å². The topological polar surface area (TPSA) is 84.5 Å². The highest BCUT2D eigenvalue weighted by Gasteiger charge is 2.33. The van der Waals surface area contributed by atoms with Gasteiger partial charge in [-0.25, -0.2) is 8.42 Å². The van der Waals surface area contributed by atoms with Gasteiger partial charge in [-0.2, -0.15) is 0 Å². The lowest BCUT2D eigenvalue weighted by Gasteiger charge is -2.29. The SMILES string of the molecule is NC1CC(N=C2NS(=O)(=O)c3ccccc32)C1. The zero-order valence-corrected chi connectivity index (χ0v) is 9.94. The predicted molar refractivity (Wildman–Crippen MR) is 64.3 cm³/mol. The molecule has 0 aromatic heterocycles. The Labute approximate surface area is 99.8 Å². The van der Waals surface area contributed by atoms with Gasteiger partial charge in [0, 0.05) is 11.6 Å². The summed E-state index contributed by atoms with van der Waals surface area (Å²) in [4.78, 5) is 4.72. The van der Waals surface area contributed by atoms with Crippen LogP contribution in [0, 0.1) is 0 Å². The molecule has 6 heteroatoms. The summed E-state index contributed by atoms with van der Waals surface area (Å²) in [5, 5.41) is 0. The Morgan fingerprint density at radius 1 is 1.29 bits per heavy atom. The number of nitrogens with two attached hydrogens (primary N) is 1. The normalized spacial score (nSPS) is 31.7. The zero-order chi connectivity index (χ0) is 12.0. The summed E-state index contributed by atoms with van der Waals surface area (Å²) in [6.45, 7) is 0. The van der Waals surface area contributed by atoms with Crippen molar-refractivity contribution in [3.05, 3.63) is 29.8 Å². The molecule has 3 rings (SSSR count). The Morgan fingerprint density at radius 3 is 2.71 bits per heavy atom. The molecule has 5 nitrogen and oxygen atoms in total. The number of hydrogen-bond acceptors (Lipinski definition) is 4. The van der Waals surface area contributed by atoms with E-state index < -0.39 is 10.0 Å². The second-order valence-corrected chi connectivity index (χ2v) is 6.12. The third kappa shape index (κ3) is 1.73. The standard InChI is InChI=1S/C11H13N3O2S/c12-7-5-8(6-7)13-11-9-3-1-2-4-10(9)17(15,16)14-11/h1-4,7-8H,5-6,12H2,(H,13,14). The second-order valence-electron chi connectivity index (χ2n) is 4.46. The van der Waals surface area contributed by atoms with Crippen molar-refractivity contribution in [2.75, 3.05) is 0 Å². The molecule has 1 heterocycles. The maximum atomic E-state index is 11.8. The molecule has 3 N–H and O–H groups in total. The van der Waals surface area contributed by atoms with Crippen LogP contribution in [0.2, 0.25) is 0 Å². The Balaban J connectivity index is 2.00. The number of hydrogen-bond donors (Lipinski definition) is 2. The smallest absolute Gasteiger partial charge is 0.263 e. The summed E-state index contributed by atoms with van der Waals surface area (Å²) >= 11 is 0. The van der Waals surface area contributed by atoms with Gasteiger partial charge < -0.3 is 5.73 Å². The van der Waals surface area contributed by atoms with Gasteiger partial charge in [0.25, 0.3) is 10.0 Å². The molecule has 0 unspecified atom stereocenters. The van der Waals surface area contributed by atoms with E-state index in [1.165, 1.54) is 0 Å². The molecule has 0 saturated heterocycles. The van der Waals surface area contributed by atoms with Gasteiger partial charge in [-0.05, 0) is 25.0 Å². The summed E-state index contributed by atoms with van der Waals surface area (Å²) in [7, 11) is -3.41. The number of fused-ring (bicyclic) bond motifs is 1. The van der Waals surface area contributed by atoms with E-state index in [2.05, 4.69) is 9.71 Å². The van der Waals surface area contributed by atoms with Crippen LogP contribution in [0.3, 0.4) is 0 Å². The number of rotatable bonds is 1. The van der Waals surface area contributed by atoms with Crippen LogP contribution in [0.25, 0.3) is 0 Å². The third-order valence-corrected chi connectivity index (χ3v) is 4.52. The molecular weight excluding hydrogens is 238 g/mol. The fraction of sp³-hybridized carbons (Fsp3) is 0.364. The summed E-state index contributed by atoms with van der Waals surface area (Å²) in [5.41, 5.74) is 6.34. The third-order valence-electron chi connectivity index (χ3n) is 3.12. The van der Waals surface area contributed by atoms with Gasteiger partial charge in [0.1, 0.15) is 5.84 Å². The highest BCUT2D eigenvalue weighted by molar-refractivity contribution is 7.90. The van der Waals surface area contributed by atoms with Crippen molar-refractivity contribution in [1.29, 1.82) is 0 Å². The lowest BCUT2D eigenvalue weighted by Crippen LogP contribution is -2.40. The van der Waals surface area contributed by atoms with Crippen molar-refractivity contribution in [2.24, 2.45) is 10.7 Å². The van der Waals surface area contributed by atoms with E-state index in [4.69, 9.17) is 5.73 Å². The van der Waals surface area contributed by atoms with E-state index in [1.54, 1.807) is 18.2 Å². The van der Waals surface area contributed by atoms with Gasteiger partial charge in [-0.3, -0.25) is 9.71 Å². The first-order valence-electron chi connectivity index (χ1n) is 5.52. The number of sulfonamides is 1. The van der Waals surface area contributed by atoms with Crippen LogP contribution in [0.15, 0.2) is 34.2 Å². The van der Waals surface area contributed by atoms with Gasteiger partial charge in [-0.1, -0.05) is 12.1 Å². The summed E-state index contributed by atoms with van der Waals surface area (Å²) in [6.07, 6.45) is 1.65. The van der Waals surface area contributed by atoms with E-state index in [0.717, 1.165) is 12.8 Å². The van der Waals surface area contributed by atoms with Crippen LogP contribution in [-0.2, 0) is 10.0 Å². The van der Waals surface area contributed by atoms with Crippen LogP contribution in [0.1, 0.15) is 18.4 Å². The largest absolute Gasteiger partial charge is 0.328 e. The molecule has 1 aliphatic heterocycles. The number of amidine groups is 1. The van der Waals surface area contributed by atoms with Crippen molar-refractivity contribution in [1.82, 2.24) is 4.72 Å². The van der Waals surface area contributed by atoms with E-state index >= 15 is 0 Å². The lowest BCUT2D eigenvalue weighted by atomic mass is 9.88. The quantitative estimate of drug-likeness (QED) is 0.748. The summed E-state index contributed by atoms with van der Waals surface area (Å²) < 4.78 is 26.1. The molecule has 0 amide bonds. The Morgan fingerprint density at radius 2 is 2.00 bits per heavy atom. The van der Waals surface area contributed by atoms with E-state index in [9.17, 15) is 8.42 Å². The minimum Gasteiger partial charge on any atom is -0.328 e. The molecule has 1 aromatic carbocycles. The Hall–Kier alpha value is -1.40. The number of aliphatic imine (C=N–C) groups is 1. The highest BCUT2D eigenvalue weighted by Crippen LogP contribution is 2.26. The number of nitrogens with one attached hydrogen (secondary N) is 1. The Bertz CT molecular complexity index is 588. The molecule has 1 saturated carbocycles. The van der Waals surface area contributed by atoms with Crippen molar-refractivity contribution in [3.63, 3.8) is 0 Å². The van der Waals surface area contributed by atoms with E-state index in [0.29, 0.717) is 16.3 Å². The van der Waals surface area contributed by atoms with Gasteiger partial charge >= 0.3 is 0 Å². The van der Waals surface area contributed by atoms with Crippen molar-refractivity contribution in [2.45, 2.75) is 29.8 Å². The minimum atomic E-state index is -3.41. The monoisotopic (exact) mass is 251 g/mol. The van der Waals surface area contributed by atoms with Crippen LogP contribution < -0.4 is 10.5 Å². The van der Waals surface area contributed by atoms with E-state index in [1.807, 2.05) is 6.07 Å². The molecule has 1 aromatic rings. The van der Waals surface area contributed by atoms with Gasteiger partial charge in [-0.15, -0.1) is 0 Å². The Kier molecular flexibility index (Phi) is 2.24. The number of benzene rings is 1. The number of nitrogens with zero attached hydrogens (tertiary/aromatic N) is 1. The fourth-order valence-corrected chi connectivity index (χ4v) is 3.39. The fourth-order valence-electron chi connectivity index (χ4n) is 2.15. The maximum Gasteiger partial charge on any atom is 0.263 e. The average Bonchev–Trinajstić information content (AvgIpc) is 2.50. The van der Waals surface area contributed by atoms with E-state index in [-0.39, 0.29) is 12.1 Å². The molecule has 0 bridgehead atoms. The van der Waals surface area contributed by atoms with Gasteiger partial charge in [0.2, 0.25) is 0 Å². The predicted octanol–water partition coefficient (Wildman–Crippen LogP) is 0.215. The molecule has 0 radical (unpaired) electrons. The first-order chi connectivity index (χ1) is 8.06. The molecule has 0 atom stereocenters. The first-order valence-corrected chi connectivity index (χ1v) is 7.00. The lowest BCUT2D eigenvalue weighted by molar-refractivity contribution is 0.353. The van der Waals surface area contributed by atoms with Gasteiger partial charge in [0.15, 0.2) is 0 Å². The average molecular weight is 251 g/mol. The molecule has 1 aliphatic carbocycles. The molecule has 1 fully saturated rings. The molecule has 2 aliphatic rings. The molecule has 90 valence electrons. The highest BCUT2D eigenvalue weighted by atomic mass is 32.2. The van der Waals surface area contributed by atoms with Crippen LogP contribution in [0.4, 0.5) is 0 Å². The summed E-state index contributed by atoms with van der Waals surface area (Å²) in [6, 6.07) is 7.23. The van der Waals surface area contributed by atoms with Crippen molar-refractivity contribution >= 4 is 15.9 Å². The van der Waals surface area contributed by atoms with Gasteiger partial charge in [0.05, 0.1) is 10.9 Å². The van der Waals surface area contributed by atoms with Crippen LogP contribution in [0.5, 0.6) is 0 Å². The zero-order valence-electron chi connectivity index (χ0n) is 9.13. The van der Waals surface area contributed by atoms with Crippen LogP contribution in [-0.4, -0.2) is 26.3 Å². The molecule has 17 heavy (non-hydrogen) atoms. The summed E-state index contributed by atoms with van der Waals surface area (Å²) in [5.74, 6) is 0.456. The molecule has 0 spiro atoms.